The van der Waals surface area contributed by atoms with Crippen molar-refractivity contribution in [2.45, 2.75) is 158 Å². The Bertz CT molecular complexity index is 4260. The number of hydrogen-bond donors (Lipinski definition) is 9. The minimum absolute atomic E-state index is 0.00805. The van der Waals surface area contributed by atoms with Crippen molar-refractivity contribution >= 4 is 81.2 Å². The quantitative estimate of drug-likeness (QED) is 0.0147. The van der Waals surface area contributed by atoms with Crippen molar-refractivity contribution < 1.29 is 63.8 Å². The third-order valence-corrected chi connectivity index (χ3v) is 17.4. The Hall–Kier alpha value is -6.44. The zero-order chi connectivity index (χ0) is 76.5. The number of hydrogen-bond acceptors (Lipinski definition) is 28. The molecule has 0 bridgehead atoms. The molecule has 7 saturated heterocycles. The molecule has 12 rings (SSSR count). The molecule has 582 valence electrons. The molecule has 0 radical (unpaired) electrons. The lowest BCUT2D eigenvalue weighted by Crippen LogP contribution is -2.57. The van der Waals surface area contributed by atoms with E-state index < -0.39 is 142 Å². The van der Waals surface area contributed by atoms with E-state index in [9.17, 15) is 103 Å². The smallest absolute Gasteiger partial charge is 0.336 e. The van der Waals surface area contributed by atoms with Crippen LogP contribution < -0.4 is 85.3 Å². The van der Waals surface area contributed by atoms with Crippen molar-refractivity contribution in [1.82, 2.24) is 69.8 Å². The SMILES string of the molecule is ClCC1CO1.O=c1[nH]c(=O)[nH]c(=O)[nH]1.O=c1n(CC(O)CCl)c(=O)n(CC(O)CCl)c(=O)n1CC(O)CCl.O=c1n(CC(O)CCl)c(=O)n(CC2CO2)c(=O)n1CC(O)CCl.O=c1n(CC(O)CCl)c(=O)n(CC2CO2)c(=O)n1CC1CO1.O=c1n(CC2CO2)c(=O)n(CC2CO2)c(=O)n1CC1CO1. The third-order valence-electron chi connectivity index (χ3n) is 15.0. The molecule has 9 N–H and O–H groups in total. The molecule has 13 unspecified atom stereocenters. The van der Waals surface area contributed by atoms with Crippen LogP contribution in [0.5, 0.6) is 0 Å². The zero-order valence-electron chi connectivity index (χ0n) is 54.6. The van der Waals surface area contributed by atoms with E-state index in [1.54, 1.807) is 15.0 Å². The molecule has 5 aromatic heterocycles. The van der Waals surface area contributed by atoms with Gasteiger partial charge >= 0.3 is 85.3 Å². The van der Waals surface area contributed by atoms with Crippen molar-refractivity contribution in [3.63, 3.8) is 0 Å². The molecule has 0 saturated carbocycles. The van der Waals surface area contributed by atoms with E-state index in [1.165, 1.54) is 0 Å². The van der Waals surface area contributed by atoms with Crippen LogP contribution in [-0.4, -0.2) is 267 Å². The summed E-state index contributed by atoms with van der Waals surface area (Å²) in [5.74, 6) is -0.524. The highest BCUT2D eigenvalue weighted by Gasteiger charge is 2.34. The number of nitrogens with one attached hydrogen (secondary N) is 3. The lowest BCUT2D eigenvalue weighted by atomic mass is 10.4. The van der Waals surface area contributed by atoms with E-state index in [-0.39, 0.29) is 131 Å². The van der Waals surface area contributed by atoms with Crippen LogP contribution in [0.3, 0.4) is 0 Å². The number of rotatable bonds is 31. The largest absolute Gasteiger partial charge is 0.390 e. The Balaban J connectivity index is 0.000000182. The number of ether oxygens (including phenoxy) is 7. The summed E-state index contributed by atoms with van der Waals surface area (Å²) in [7, 11) is 0. The Morgan fingerprint density at radius 2 is 0.375 bits per heavy atom. The Morgan fingerprint density at radius 3 is 0.481 bits per heavy atom. The Morgan fingerprint density at radius 1 is 0.250 bits per heavy atom. The van der Waals surface area contributed by atoms with Crippen molar-refractivity contribution in [3.8, 4) is 0 Å². The van der Waals surface area contributed by atoms with Gasteiger partial charge < -0.3 is 63.8 Å². The van der Waals surface area contributed by atoms with Gasteiger partial charge in [-0.25, -0.2) is 127 Å². The summed E-state index contributed by atoms with van der Waals surface area (Å²) >= 11 is 38.2. The van der Waals surface area contributed by atoms with Crippen LogP contribution in [0, 0.1) is 0 Å². The fourth-order valence-corrected chi connectivity index (χ4v) is 9.75. The van der Waals surface area contributed by atoms with E-state index in [1.807, 2.05) is 0 Å². The van der Waals surface area contributed by atoms with Gasteiger partial charge in [-0.15, -0.1) is 81.2 Å². The maximum atomic E-state index is 12.4. The molecule has 5 aromatic rings. The second-order valence-electron chi connectivity index (χ2n) is 23.8. The molecule has 50 heteroatoms. The maximum Gasteiger partial charge on any atom is 0.336 e. The minimum atomic E-state index is -1.20. The van der Waals surface area contributed by atoms with Crippen molar-refractivity contribution in [3.05, 3.63) is 157 Å². The van der Waals surface area contributed by atoms with Gasteiger partial charge in [0.15, 0.2) is 0 Å². The second kappa shape index (κ2) is 39.4. The number of halogens is 7. The average Bonchev–Trinajstić information content (AvgIpc) is 1.78. The van der Waals surface area contributed by atoms with Crippen LogP contribution in [0.15, 0.2) is 71.9 Å². The molecule has 0 amide bonds. The molecule has 0 aliphatic carbocycles. The normalized spacial score (nSPS) is 21.4. The molecular weight excluding hydrogens is 1550 g/mol. The molecule has 13 atom stereocenters. The van der Waals surface area contributed by atoms with Crippen LogP contribution in [0.1, 0.15) is 0 Å². The van der Waals surface area contributed by atoms with Crippen LogP contribution in [0.4, 0.5) is 0 Å². The molecule has 43 nitrogen and oxygen atoms in total. The predicted octanol–water partition coefficient (Wildman–Crippen LogP) is -10.9. The van der Waals surface area contributed by atoms with Crippen molar-refractivity contribution in [2.24, 2.45) is 0 Å². The first kappa shape index (κ1) is 84.8. The number of epoxide rings is 7. The molecule has 7 fully saturated rings. The molecule has 7 aliphatic heterocycles. The molecule has 104 heavy (non-hydrogen) atoms. The topological polar surface area (TPSA) is 572 Å². The van der Waals surface area contributed by atoms with Crippen LogP contribution in [-0.2, 0) is 112 Å². The molecule has 0 aromatic carbocycles. The van der Waals surface area contributed by atoms with Gasteiger partial charge in [0.25, 0.3) is 0 Å². The minimum Gasteiger partial charge on any atom is -0.390 e. The second-order valence-corrected chi connectivity index (χ2v) is 25.9. The van der Waals surface area contributed by atoms with Crippen molar-refractivity contribution in [2.75, 3.05) is 87.4 Å². The van der Waals surface area contributed by atoms with Crippen LogP contribution in [0.25, 0.3) is 0 Å². The number of aromatic amines is 3. The monoisotopic (exact) mass is 1630 g/mol. The number of alkyl halides is 7. The fourth-order valence-electron chi connectivity index (χ4n) is 8.98. The van der Waals surface area contributed by atoms with E-state index in [2.05, 4.69) is 0 Å². The number of aliphatic hydroxyl groups excluding tert-OH is 6. The van der Waals surface area contributed by atoms with E-state index in [4.69, 9.17) is 114 Å². The average molecular weight is 1630 g/mol. The molecule has 7 aliphatic rings. The van der Waals surface area contributed by atoms with Crippen molar-refractivity contribution in [1.29, 1.82) is 0 Å². The van der Waals surface area contributed by atoms with E-state index in [0.29, 0.717) is 65.3 Å². The summed E-state index contributed by atoms with van der Waals surface area (Å²) < 4.78 is 45.1. The first-order chi connectivity index (χ1) is 49.4. The van der Waals surface area contributed by atoms with Gasteiger partial charge in [0.05, 0.1) is 245 Å². The standard InChI is InChI=1S/C12H18Cl3N3O6.C12H17Cl2N3O6.C12H16ClN3O6.C12H15N3O6.C3H5ClO.C3H3N3O3/c13-1-7(19)4-16-10(22)17(5-8(20)2-14)12(24)18(11(16)23)6-9(21)3-15;13-1-7(18)3-15-10(20)16(4-8(19)2-14)12(22)17(11(15)21)5-9-6-23-9;13-1-7(17)2-14-10(18)15(3-8-5-21-8)12(20)16(11(14)19)4-9-6-22-9;16-10-13(1-7-4-19-7)11(17)15(3-9-6-21-9)12(18)14(10)2-8-5-20-8;4-1-3-2-5-3;7-1-4-2(8)6-3(9)5-1/h7-9,19-21H,1-6H2;7-9,18-19H,1-6H2;7-9,17H,1-6H2;7-9H,1-6H2;3H,1-2H2;(H3,4,5,6,7,8,9). The molecule has 0 spiro atoms. The van der Waals surface area contributed by atoms with E-state index >= 15 is 0 Å². The van der Waals surface area contributed by atoms with Gasteiger partial charge in [-0.05, 0) is 0 Å². The van der Waals surface area contributed by atoms with Crippen LogP contribution in [0.2, 0.25) is 0 Å². The Kier molecular flexibility index (Phi) is 32.1. The molecule has 12 heterocycles. The highest BCUT2D eigenvalue weighted by molar-refractivity contribution is 6.19. The van der Waals surface area contributed by atoms with Gasteiger partial charge in [-0.3, -0.25) is 15.0 Å². The third kappa shape index (κ3) is 25.1. The maximum absolute atomic E-state index is 12.4. The lowest BCUT2D eigenvalue weighted by Gasteiger charge is -2.17. The zero-order valence-corrected chi connectivity index (χ0v) is 59.9. The predicted molar refractivity (Wildman–Crippen MR) is 364 cm³/mol. The summed E-state index contributed by atoms with van der Waals surface area (Å²) in [6.07, 6.45) is -7.54. The highest BCUT2D eigenvalue weighted by Crippen LogP contribution is 2.14. The summed E-state index contributed by atoms with van der Waals surface area (Å²) in [5.41, 5.74) is -12.1. The number of nitrogens with zero attached hydrogens (tertiary/aromatic N) is 12. The van der Waals surface area contributed by atoms with E-state index in [0.717, 1.165) is 47.7 Å². The van der Waals surface area contributed by atoms with Gasteiger partial charge in [0.2, 0.25) is 0 Å². The van der Waals surface area contributed by atoms with Gasteiger partial charge in [-0.2, -0.15) is 0 Å². The first-order valence-corrected chi connectivity index (χ1v) is 35.2. The van der Waals surface area contributed by atoms with Gasteiger partial charge in [0, 0.05) is 0 Å². The van der Waals surface area contributed by atoms with Gasteiger partial charge in [0.1, 0.15) is 0 Å². The first-order valence-electron chi connectivity index (χ1n) is 31.4. The summed E-state index contributed by atoms with van der Waals surface area (Å²) in [6.45, 7) is 2.19. The summed E-state index contributed by atoms with van der Waals surface area (Å²) in [5, 5.41) is 57.6. The number of aliphatic hydroxyl groups is 6. The molecular formula is C54H74Cl7N15O28. The number of H-pyrrole nitrogens is 3. The summed E-state index contributed by atoms with van der Waals surface area (Å²) in [6, 6.07) is 0. The van der Waals surface area contributed by atoms with Crippen LogP contribution >= 0.6 is 81.2 Å². The fraction of sp³-hybridized carbons (Fsp3) is 0.722. The van der Waals surface area contributed by atoms with Gasteiger partial charge in [-0.1, -0.05) is 0 Å². The summed E-state index contributed by atoms with van der Waals surface area (Å²) in [4.78, 5) is 184. The number of aromatic nitrogens is 15. The lowest BCUT2D eigenvalue weighted by molar-refractivity contribution is 0.149. The highest BCUT2D eigenvalue weighted by atomic mass is 35.5. The Labute approximate surface area is 614 Å².